The van der Waals surface area contributed by atoms with Crippen LogP contribution in [-0.2, 0) is 11.2 Å². The molecule has 7 heteroatoms. The van der Waals surface area contributed by atoms with Gasteiger partial charge in [-0.2, -0.15) is 0 Å². The van der Waals surface area contributed by atoms with Gasteiger partial charge in [-0.15, -0.1) is 0 Å². The molecule has 0 aliphatic carbocycles. The van der Waals surface area contributed by atoms with Crippen LogP contribution in [0.5, 0.6) is 11.5 Å². The zero-order valence-electron chi connectivity index (χ0n) is 16.8. The third kappa shape index (κ3) is 4.72. The lowest BCUT2D eigenvalue weighted by Gasteiger charge is -2.35. The highest BCUT2D eigenvalue weighted by molar-refractivity contribution is 5.94. The number of amides is 2. The monoisotopic (exact) mass is 412 g/mol. The summed E-state index contributed by atoms with van der Waals surface area (Å²) in [7, 11) is 0. The quantitative estimate of drug-likeness (QED) is 0.775. The molecule has 0 bridgehead atoms. The van der Waals surface area contributed by atoms with Crippen molar-refractivity contribution < 1.29 is 23.5 Å². The summed E-state index contributed by atoms with van der Waals surface area (Å²) in [5, 5.41) is 0. The molecule has 2 heterocycles. The average Bonchev–Trinajstić information content (AvgIpc) is 3.02. The van der Waals surface area contributed by atoms with Gasteiger partial charge in [0, 0.05) is 44.6 Å². The van der Waals surface area contributed by atoms with Gasteiger partial charge in [0.1, 0.15) is 5.82 Å². The summed E-state index contributed by atoms with van der Waals surface area (Å²) in [6.07, 6.45) is 1.88. The minimum atomic E-state index is -0.426. The molecular weight excluding hydrogens is 387 g/mol. The summed E-state index contributed by atoms with van der Waals surface area (Å²) >= 11 is 0. The summed E-state index contributed by atoms with van der Waals surface area (Å²) in [6, 6.07) is 11.5. The number of hydrogen-bond acceptors (Lipinski definition) is 4. The van der Waals surface area contributed by atoms with Crippen LogP contribution in [0.2, 0.25) is 0 Å². The van der Waals surface area contributed by atoms with Crippen molar-refractivity contribution in [3.05, 3.63) is 59.4 Å². The van der Waals surface area contributed by atoms with Gasteiger partial charge in [0.2, 0.25) is 5.91 Å². The predicted octanol–water partition coefficient (Wildman–Crippen LogP) is 2.90. The molecule has 0 saturated carbocycles. The summed E-state index contributed by atoms with van der Waals surface area (Å²) < 4.78 is 24.7. The number of fused-ring (bicyclic) bond motifs is 1. The number of carbonyl (C=O) groups excluding carboxylic acids is 2. The molecule has 2 aromatic carbocycles. The molecule has 0 spiro atoms. The fourth-order valence-electron chi connectivity index (χ4n) is 3.74. The molecule has 1 saturated heterocycles. The Labute approximate surface area is 175 Å². The lowest BCUT2D eigenvalue weighted by molar-refractivity contribution is -0.132. The minimum Gasteiger partial charge on any atom is -0.490 e. The van der Waals surface area contributed by atoms with Gasteiger partial charge in [0.15, 0.2) is 11.5 Å². The second-order valence-electron chi connectivity index (χ2n) is 7.51. The molecule has 2 amide bonds. The SMILES string of the molecule is O=C(CCc1ccc2c(c1)OCCCO2)N1CCN(C(=O)c2cccc(F)c2)CC1. The van der Waals surface area contributed by atoms with Crippen LogP contribution in [-0.4, -0.2) is 61.0 Å². The van der Waals surface area contributed by atoms with E-state index in [1.54, 1.807) is 15.9 Å². The highest BCUT2D eigenvalue weighted by Gasteiger charge is 2.25. The van der Waals surface area contributed by atoms with E-state index in [2.05, 4.69) is 0 Å². The number of carbonyl (C=O) groups is 2. The van der Waals surface area contributed by atoms with Gasteiger partial charge < -0.3 is 19.3 Å². The summed E-state index contributed by atoms with van der Waals surface area (Å²) in [4.78, 5) is 28.6. The summed E-state index contributed by atoms with van der Waals surface area (Å²) in [5.74, 6) is 0.932. The second kappa shape index (κ2) is 9.15. The Bertz CT molecular complexity index is 925. The van der Waals surface area contributed by atoms with Crippen LogP contribution in [0.3, 0.4) is 0 Å². The highest BCUT2D eigenvalue weighted by atomic mass is 19.1. The molecule has 6 nitrogen and oxygen atoms in total. The van der Waals surface area contributed by atoms with Gasteiger partial charge in [-0.25, -0.2) is 4.39 Å². The van der Waals surface area contributed by atoms with Crippen LogP contribution in [0.15, 0.2) is 42.5 Å². The fraction of sp³-hybridized carbons (Fsp3) is 0.391. The Morgan fingerprint density at radius 3 is 2.40 bits per heavy atom. The molecule has 0 aromatic heterocycles. The molecule has 0 atom stereocenters. The van der Waals surface area contributed by atoms with Crippen LogP contribution < -0.4 is 9.47 Å². The normalized spacial score (nSPS) is 16.2. The molecule has 2 aromatic rings. The van der Waals surface area contributed by atoms with Gasteiger partial charge in [0.25, 0.3) is 5.91 Å². The maximum absolute atomic E-state index is 13.4. The smallest absolute Gasteiger partial charge is 0.254 e. The second-order valence-corrected chi connectivity index (χ2v) is 7.51. The molecule has 0 N–H and O–H groups in total. The standard InChI is InChI=1S/C23H25FN2O4/c24-19-4-1-3-18(16-19)23(28)26-11-9-25(10-12-26)22(27)8-6-17-5-7-20-21(15-17)30-14-2-13-29-20/h1,3-5,7,15-16H,2,6,8-14H2. The first-order chi connectivity index (χ1) is 14.6. The lowest BCUT2D eigenvalue weighted by Crippen LogP contribution is -2.50. The highest BCUT2D eigenvalue weighted by Crippen LogP contribution is 2.30. The number of rotatable bonds is 4. The van der Waals surface area contributed by atoms with E-state index in [0.29, 0.717) is 57.8 Å². The van der Waals surface area contributed by atoms with Crippen molar-refractivity contribution in [3.63, 3.8) is 0 Å². The number of ether oxygens (including phenoxy) is 2. The van der Waals surface area contributed by atoms with Crippen molar-refractivity contribution in [2.24, 2.45) is 0 Å². The predicted molar refractivity (Wildman–Crippen MR) is 109 cm³/mol. The van der Waals surface area contributed by atoms with E-state index in [0.717, 1.165) is 23.5 Å². The maximum atomic E-state index is 13.4. The zero-order valence-corrected chi connectivity index (χ0v) is 16.8. The zero-order chi connectivity index (χ0) is 20.9. The molecule has 0 unspecified atom stereocenters. The molecular formula is C23H25FN2O4. The molecule has 1 fully saturated rings. The summed E-state index contributed by atoms with van der Waals surface area (Å²) in [6.45, 7) is 3.16. The number of piperazine rings is 1. The van der Waals surface area contributed by atoms with Crippen molar-refractivity contribution in [2.75, 3.05) is 39.4 Å². The van der Waals surface area contributed by atoms with Gasteiger partial charge in [-0.1, -0.05) is 12.1 Å². The van der Waals surface area contributed by atoms with Crippen molar-refractivity contribution in [1.82, 2.24) is 9.80 Å². The van der Waals surface area contributed by atoms with Crippen LogP contribution in [0, 0.1) is 5.82 Å². The van der Waals surface area contributed by atoms with Crippen molar-refractivity contribution in [3.8, 4) is 11.5 Å². The number of aryl methyl sites for hydroxylation is 1. The van der Waals surface area contributed by atoms with E-state index >= 15 is 0 Å². The Morgan fingerprint density at radius 2 is 1.63 bits per heavy atom. The molecule has 158 valence electrons. The van der Waals surface area contributed by atoms with Gasteiger partial charge in [0.05, 0.1) is 13.2 Å². The number of halogens is 1. The lowest BCUT2D eigenvalue weighted by atomic mass is 10.1. The maximum Gasteiger partial charge on any atom is 0.254 e. The van der Waals surface area contributed by atoms with E-state index in [4.69, 9.17) is 9.47 Å². The third-order valence-corrected chi connectivity index (χ3v) is 5.43. The largest absolute Gasteiger partial charge is 0.490 e. The topological polar surface area (TPSA) is 59.1 Å². The van der Waals surface area contributed by atoms with Crippen molar-refractivity contribution in [2.45, 2.75) is 19.3 Å². The van der Waals surface area contributed by atoms with Crippen LogP contribution in [0.25, 0.3) is 0 Å². The number of nitrogens with zero attached hydrogens (tertiary/aromatic N) is 2. The van der Waals surface area contributed by atoms with Crippen LogP contribution in [0.4, 0.5) is 4.39 Å². The van der Waals surface area contributed by atoms with E-state index in [-0.39, 0.29) is 11.8 Å². The third-order valence-electron chi connectivity index (χ3n) is 5.43. The van der Waals surface area contributed by atoms with Crippen LogP contribution >= 0.6 is 0 Å². The van der Waals surface area contributed by atoms with E-state index in [1.807, 2.05) is 18.2 Å². The molecule has 2 aliphatic heterocycles. The fourth-order valence-corrected chi connectivity index (χ4v) is 3.74. The van der Waals surface area contributed by atoms with E-state index in [1.165, 1.54) is 18.2 Å². The molecule has 4 rings (SSSR count). The Hall–Kier alpha value is -3.09. The first-order valence-corrected chi connectivity index (χ1v) is 10.3. The van der Waals surface area contributed by atoms with Crippen molar-refractivity contribution in [1.29, 1.82) is 0 Å². The average molecular weight is 412 g/mol. The van der Waals surface area contributed by atoms with Gasteiger partial charge >= 0.3 is 0 Å². The number of hydrogen-bond donors (Lipinski definition) is 0. The minimum absolute atomic E-state index is 0.0694. The van der Waals surface area contributed by atoms with E-state index < -0.39 is 5.82 Å². The molecule has 30 heavy (non-hydrogen) atoms. The van der Waals surface area contributed by atoms with E-state index in [9.17, 15) is 14.0 Å². The first kappa shape index (κ1) is 20.2. The first-order valence-electron chi connectivity index (χ1n) is 10.3. The van der Waals surface area contributed by atoms with Gasteiger partial charge in [-0.3, -0.25) is 9.59 Å². The molecule has 0 radical (unpaired) electrons. The Balaban J connectivity index is 1.27. The summed E-state index contributed by atoms with van der Waals surface area (Å²) in [5.41, 5.74) is 1.37. The van der Waals surface area contributed by atoms with Gasteiger partial charge in [-0.05, 0) is 42.3 Å². The Kier molecular flexibility index (Phi) is 6.16. The van der Waals surface area contributed by atoms with Crippen LogP contribution in [0.1, 0.15) is 28.8 Å². The molecule has 2 aliphatic rings. The van der Waals surface area contributed by atoms with Crippen molar-refractivity contribution >= 4 is 11.8 Å². The number of benzene rings is 2. The Morgan fingerprint density at radius 1 is 0.900 bits per heavy atom.